The number of alkyl halides is 3. The zero-order valence-electron chi connectivity index (χ0n) is 25.6. The number of rotatable bonds is 10. The number of methoxy groups -OCH3 is 2. The Labute approximate surface area is 191 Å². The van der Waals surface area contributed by atoms with Crippen molar-refractivity contribution in [1.29, 1.82) is 0 Å². The number of benzene rings is 2. The van der Waals surface area contributed by atoms with Gasteiger partial charge in [-0.15, -0.1) is 0 Å². The SMILES string of the molecule is [2H]C([2H])([2H])OC([2H])([2H])COc1cc2ncnc(Nc3cccc(C(F)(F)F)c3)c2cc1OCC([2H])([2H])OC([2H])([2H])[2H]. The van der Waals surface area contributed by atoms with Crippen molar-refractivity contribution in [3.63, 3.8) is 0 Å². The zero-order chi connectivity index (χ0) is 30.9. The minimum atomic E-state index is -4.61. The minimum Gasteiger partial charge on any atom is -0.487 e. The van der Waals surface area contributed by atoms with E-state index in [0.29, 0.717) is 0 Å². The highest BCUT2D eigenvalue weighted by Crippen LogP contribution is 2.36. The molecule has 31 heavy (non-hydrogen) atoms. The van der Waals surface area contributed by atoms with Crippen molar-refractivity contribution >= 4 is 22.4 Å². The van der Waals surface area contributed by atoms with Crippen molar-refractivity contribution in [2.75, 3.05) is 45.7 Å². The fraction of sp³-hybridized carbons (Fsp3) is 0.333. The van der Waals surface area contributed by atoms with Crippen LogP contribution >= 0.6 is 0 Å². The molecule has 0 fully saturated rings. The van der Waals surface area contributed by atoms with E-state index < -0.39 is 52.1 Å². The van der Waals surface area contributed by atoms with Gasteiger partial charge >= 0.3 is 6.18 Å². The third-order valence-corrected chi connectivity index (χ3v) is 3.87. The first kappa shape index (κ1) is 12.7. The summed E-state index contributed by atoms with van der Waals surface area (Å²) in [5.74, 6) is -0.612. The second-order valence-corrected chi connectivity index (χ2v) is 5.81. The first-order valence-corrected chi connectivity index (χ1v) is 8.52. The number of hydrogen-bond acceptors (Lipinski definition) is 7. The van der Waals surface area contributed by atoms with Crippen LogP contribution in [0.2, 0.25) is 0 Å². The molecule has 10 heteroatoms. The molecular formula is C21H22F3N3O4. The molecule has 3 rings (SSSR count). The first-order valence-electron chi connectivity index (χ1n) is 13.5. The van der Waals surface area contributed by atoms with Crippen LogP contribution in [-0.4, -0.2) is 50.4 Å². The molecule has 0 aliphatic carbocycles. The molecule has 0 radical (unpaired) electrons. The molecule has 0 bridgehead atoms. The number of fused-ring (bicyclic) bond motifs is 1. The normalized spacial score (nSPS) is 18.0. The maximum Gasteiger partial charge on any atom is 0.416 e. The molecule has 1 N–H and O–H groups in total. The predicted molar refractivity (Wildman–Crippen MR) is 109 cm³/mol. The van der Waals surface area contributed by atoms with E-state index in [1.807, 2.05) is 0 Å². The van der Waals surface area contributed by atoms with Gasteiger partial charge in [-0.3, -0.25) is 0 Å². The van der Waals surface area contributed by atoms with E-state index in [2.05, 4.69) is 24.8 Å². The lowest BCUT2D eigenvalue weighted by Crippen LogP contribution is -2.09. The quantitative estimate of drug-likeness (QED) is 0.492. The van der Waals surface area contributed by atoms with Crippen molar-refractivity contribution < 1.29 is 45.8 Å². The maximum absolute atomic E-state index is 13.2. The highest BCUT2D eigenvalue weighted by Gasteiger charge is 2.30. The summed E-state index contributed by atoms with van der Waals surface area (Å²) in [6.45, 7) is -7.65. The van der Waals surface area contributed by atoms with Crippen molar-refractivity contribution in [3.05, 3.63) is 48.3 Å². The monoisotopic (exact) mass is 447 g/mol. The summed E-state index contributed by atoms with van der Waals surface area (Å²) in [5, 5.41) is 2.86. The number of ether oxygens (including phenoxy) is 4. The maximum atomic E-state index is 13.2. The molecule has 2 aromatic carbocycles. The van der Waals surface area contributed by atoms with Crippen LogP contribution in [0.15, 0.2) is 42.7 Å². The second-order valence-electron chi connectivity index (χ2n) is 5.81. The van der Waals surface area contributed by atoms with Crippen molar-refractivity contribution in [2.24, 2.45) is 0 Å². The van der Waals surface area contributed by atoms with Crippen LogP contribution in [0, 0.1) is 0 Å². The zero-order valence-corrected chi connectivity index (χ0v) is 15.6. The molecule has 0 saturated carbocycles. The highest BCUT2D eigenvalue weighted by atomic mass is 19.4. The van der Waals surface area contributed by atoms with E-state index in [9.17, 15) is 13.2 Å². The van der Waals surface area contributed by atoms with E-state index in [1.165, 1.54) is 24.3 Å². The summed E-state index contributed by atoms with van der Waals surface area (Å²) < 4.78 is 133. The Bertz CT molecular complexity index is 1370. The minimum absolute atomic E-state index is 0.00598. The molecule has 0 unspecified atom stereocenters. The second kappa shape index (κ2) is 10.3. The average molecular weight is 447 g/mol. The van der Waals surface area contributed by atoms with Crippen LogP contribution in [0.1, 0.15) is 19.3 Å². The Morgan fingerprint density at radius 2 is 1.71 bits per heavy atom. The predicted octanol–water partition coefficient (Wildman–Crippen LogP) is 4.44. The van der Waals surface area contributed by atoms with Crippen molar-refractivity contribution in [1.82, 2.24) is 9.97 Å². The Morgan fingerprint density at radius 3 is 2.39 bits per heavy atom. The van der Waals surface area contributed by atoms with Crippen molar-refractivity contribution in [2.45, 2.75) is 6.18 Å². The lowest BCUT2D eigenvalue weighted by atomic mass is 10.1. The number of halogens is 3. The van der Waals surface area contributed by atoms with Crippen LogP contribution in [-0.2, 0) is 15.7 Å². The van der Waals surface area contributed by atoms with Crippen molar-refractivity contribution in [3.8, 4) is 11.5 Å². The summed E-state index contributed by atoms with van der Waals surface area (Å²) >= 11 is 0. The fourth-order valence-corrected chi connectivity index (χ4v) is 2.57. The van der Waals surface area contributed by atoms with Gasteiger partial charge in [-0.25, -0.2) is 9.97 Å². The Balaban J connectivity index is 2.00. The third-order valence-electron chi connectivity index (χ3n) is 3.87. The molecule has 0 aliphatic heterocycles. The molecule has 0 atom stereocenters. The van der Waals surface area contributed by atoms with Gasteiger partial charge in [0.1, 0.15) is 25.4 Å². The number of hydrogen-bond donors (Lipinski definition) is 1. The number of anilines is 2. The van der Waals surface area contributed by atoms with Gasteiger partial charge in [0.25, 0.3) is 0 Å². The average Bonchev–Trinajstić information content (AvgIpc) is 2.78. The Hall–Kier alpha value is -3.11. The number of aromatic nitrogens is 2. The van der Waals surface area contributed by atoms with Gasteiger partial charge in [-0.2, -0.15) is 13.2 Å². The first-order chi connectivity index (χ1) is 18.6. The van der Waals surface area contributed by atoms with Gasteiger partial charge in [0, 0.05) is 31.2 Å². The highest BCUT2D eigenvalue weighted by molar-refractivity contribution is 5.93. The van der Waals surface area contributed by atoms with E-state index in [-0.39, 0.29) is 33.9 Å². The Kier molecular flexibility index (Phi) is 4.20. The molecule has 3 aromatic rings. The van der Waals surface area contributed by atoms with E-state index >= 15 is 0 Å². The van der Waals surface area contributed by atoms with Crippen LogP contribution < -0.4 is 14.8 Å². The lowest BCUT2D eigenvalue weighted by Gasteiger charge is -2.15. The topological polar surface area (TPSA) is 74.7 Å². The third kappa shape index (κ3) is 5.96. The molecule has 166 valence electrons. The molecular weight excluding hydrogens is 415 g/mol. The van der Waals surface area contributed by atoms with Gasteiger partial charge in [0.05, 0.1) is 37.9 Å². The summed E-state index contributed by atoms with van der Waals surface area (Å²) in [6.07, 6.45) is -3.54. The summed E-state index contributed by atoms with van der Waals surface area (Å²) in [4.78, 5) is 8.08. The molecule has 0 saturated heterocycles. The smallest absolute Gasteiger partial charge is 0.416 e. The fourth-order valence-electron chi connectivity index (χ4n) is 2.57. The van der Waals surface area contributed by atoms with Crippen LogP contribution in [0.25, 0.3) is 10.9 Å². The standard InChI is InChI=1S/C21H22F3N3O4/c1-28-6-8-30-18-11-16-17(12-19(18)31-9-7-29-2)25-13-26-20(16)27-15-5-3-4-14(10-15)21(22,23)24/h3-5,10-13H,6-9H2,1-2H3,(H,25,26,27)/i1D3,2D3,6D2,7D2. The molecule has 1 aromatic heterocycles. The summed E-state index contributed by atoms with van der Waals surface area (Å²) in [7, 11) is -6.22. The summed E-state index contributed by atoms with van der Waals surface area (Å²) in [6, 6.07) is 6.63. The molecule has 0 amide bonds. The lowest BCUT2D eigenvalue weighted by molar-refractivity contribution is -0.137. The van der Waals surface area contributed by atoms with Crippen LogP contribution in [0.5, 0.6) is 11.5 Å². The Morgan fingerprint density at radius 1 is 1.00 bits per heavy atom. The van der Waals surface area contributed by atoms with Gasteiger partial charge < -0.3 is 24.3 Å². The van der Waals surface area contributed by atoms with Crippen LogP contribution in [0.3, 0.4) is 0 Å². The van der Waals surface area contributed by atoms with Gasteiger partial charge in [-0.1, -0.05) is 6.07 Å². The molecule has 0 aliphatic rings. The van der Waals surface area contributed by atoms with E-state index in [0.717, 1.165) is 18.5 Å². The number of nitrogens with zero attached hydrogens (tertiary/aromatic N) is 2. The molecule has 7 nitrogen and oxygen atoms in total. The molecule has 0 spiro atoms. The van der Waals surface area contributed by atoms with Gasteiger partial charge in [0.2, 0.25) is 0 Å². The summed E-state index contributed by atoms with van der Waals surface area (Å²) in [5.41, 5.74) is -0.804. The van der Waals surface area contributed by atoms with Gasteiger partial charge in [-0.05, 0) is 24.3 Å². The van der Waals surface area contributed by atoms with Crippen LogP contribution in [0.4, 0.5) is 24.7 Å². The van der Waals surface area contributed by atoms with E-state index in [1.54, 1.807) is 0 Å². The number of nitrogens with one attached hydrogen (secondary N) is 1. The van der Waals surface area contributed by atoms with Gasteiger partial charge in [0.15, 0.2) is 11.5 Å². The molecule has 1 heterocycles. The largest absolute Gasteiger partial charge is 0.487 e. The van der Waals surface area contributed by atoms with E-state index in [4.69, 9.17) is 23.2 Å².